The predicted molar refractivity (Wildman–Crippen MR) is 118 cm³/mol. The molecule has 0 aliphatic heterocycles. The molecule has 0 radical (unpaired) electrons. The Labute approximate surface area is 174 Å². The van der Waals surface area contributed by atoms with Crippen molar-refractivity contribution in [3.63, 3.8) is 0 Å². The molecule has 1 aromatic heterocycles. The van der Waals surface area contributed by atoms with E-state index < -0.39 is 11.4 Å². The number of unbranched alkanes of at least 4 members (excludes halogenated alkanes) is 9. The van der Waals surface area contributed by atoms with Crippen molar-refractivity contribution in [1.29, 1.82) is 0 Å². The van der Waals surface area contributed by atoms with Gasteiger partial charge in [0, 0.05) is 6.42 Å². The summed E-state index contributed by atoms with van der Waals surface area (Å²) in [6.07, 6.45) is 15.4. The molecular weight excluding hydrogens is 367 g/mol. The second-order valence-corrected chi connectivity index (χ2v) is 7.70. The van der Waals surface area contributed by atoms with E-state index >= 15 is 0 Å². The van der Waals surface area contributed by atoms with Gasteiger partial charge in [-0.2, -0.15) is 0 Å². The highest BCUT2D eigenvalue weighted by molar-refractivity contribution is 5.83. The molecule has 0 amide bonds. The predicted octanol–water partition coefficient (Wildman–Crippen LogP) is 7.35. The molecule has 29 heavy (non-hydrogen) atoms. The topological polar surface area (TPSA) is 39.4 Å². The van der Waals surface area contributed by atoms with E-state index in [9.17, 15) is 9.18 Å². The Morgan fingerprint density at radius 1 is 1.03 bits per heavy atom. The van der Waals surface area contributed by atoms with Gasteiger partial charge >= 0.3 is 5.63 Å². The fraction of sp³-hybridized carbons (Fsp3) is 0.560. The minimum atomic E-state index is -0.650. The molecule has 0 fully saturated rings. The molecule has 0 atom stereocenters. The highest BCUT2D eigenvalue weighted by Gasteiger charge is 2.14. The van der Waals surface area contributed by atoms with Crippen LogP contribution in [0.1, 0.15) is 83.3 Å². The molecule has 0 spiro atoms. The first-order chi connectivity index (χ1) is 14.2. The summed E-state index contributed by atoms with van der Waals surface area (Å²) in [6, 6.07) is 5.04. The molecule has 1 aromatic carbocycles. The van der Waals surface area contributed by atoms with Crippen LogP contribution in [0.15, 0.2) is 40.1 Å². The maximum atomic E-state index is 14.7. The Kier molecular flexibility index (Phi) is 10.5. The molecule has 1 heterocycles. The molecule has 4 heteroatoms. The summed E-state index contributed by atoms with van der Waals surface area (Å²) in [5.74, 6) is 0.0407. The molecule has 3 nitrogen and oxygen atoms in total. The van der Waals surface area contributed by atoms with Crippen LogP contribution >= 0.6 is 0 Å². The molecule has 0 N–H and O–H groups in total. The third-order valence-corrected chi connectivity index (χ3v) is 5.23. The first kappa shape index (κ1) is 23.2. The van der Waals surface area contributed by atoms with Crippen molar-refractivity contribution >= 4 is 10.8 Å². The second kappa shape index (κ2) is 13.2. The van der Waals surface area contributed by atoms with E-state index in [1.807, 2.05) is 0 Å². The van der Waals surface area contributed by atoms with Crippen LogP contribution in [0, 0.1) is 5.82 Å². The van der Waals surface area contributed by atoms with Gasteiger partial charge in [-0.15, -0.1) is 6.58 Å². The molecule has 2 rings (SSSR count). The Hall–Kier alpha value is -2.10. The molecule has 2 aromatic rings. The minimum absolute atomic E-state index is 0.0343. The summed E-state index contributed by atoms with van der Waals surface area (Å²) in [5.41, 5.74) is -0.650. The van der Waals surface area contributed by atoms with Gasteiger partial charge < -0.3 is 9.15 Å². The highest BCUT2D eigenvalue weighted by Crippen LogP contribution is 2.25. The van der Waals surface area contributed by atoms with Crippen molar-refractivity contribution in [2.45, 2.75) is 84.0 Å². The normalized spacial score (nSPS) is 11.1. The molecule has 0 aliphatic rings. The lowest BCUT2D eigenvalue weighted by Crippen LogP contribution is -2.07. The maximum Gasteiger partial charge on any atom is 0.346 e. The van der Waals surface area contributed by atoms with Crippen molar-refractivity contribution in [1.82, 2.24) is 0 Å². The Balaban J connectivity index is 1.76. The Bertz CT molecular complexity index is 810. The van der Waals surface area contributed by atoms with Crippen LogP contribution in [0.2, 0.25) is 0 Å². The number of ether oxygens (including phenoxy) is 1. The average molecular weight is 403 g/mol. The smallest absolute Gasteiger partial charge is 0.346 e. The van der Waals surface area contributed by atoms with Crippen LogP contribution in [0.25, 0.3) is 10.8 Å². The highest BCUT2D eigenvalue weighted by atomic mass is 19.1. The first-order valence-electron chi connectivity index (χ1n) is 11.2. The number of fused-ring (bicyclic) bond motifs is 1. The average Bonchev–Trinajstić information content (AvgIpc) is 2.71. The van der Waals surface area contributed by atoms with E-state index in [0.29, 0.717) is 30.6 Å². The minimum Gasteiger partial charge on any atom is -0.490 e. The Morgan fingerprint density at radius 2 is 1.69 bits per heavy atom. The summed E-state index contributed by atoms with van der Waals surface area (Å²) in [6.45, 7) is 6.36. The Morgan fingerprint density at radius 3 is 2.34 bits per heavy atom. The van der Waals surface area contributed by atoms with Crippen LogP contribution in [-0.4, -0.2) is 6.61 Å². The lowest BCUT2D eigenvalue weighted by molar-refractivity contribution is 0.291. The molecule has 0 aliphatic carbocycles. The number of hydrogen-bond acceptors (Lipinski definition) is 3. The van der Waals surface area contributed by atoms with E-state index in [-0.39, 0.29) is 11.1 Å². The van der Waals surface area contributed by atoms with Crippen molar-refractivity contribution < 1.29 is 13.5 Å². The van der Waals surface area contributed by atoms with Gasteiger partial charge in [0.25, 0.3) is 0 Å². The van der Waals surface area contributed by atoms with Crippen LogP contribution in [0.4, 0.5) is 4.39 Å². The SMILES string of the molecule is C=CCCc1cc2ccc(OCCCCCCCCCCCC)c(F)c2c(=O)o1. The standard InChI is InChI=1S/C25H35FO3/c1-3-5-7-8-9-10-11-12-13-14-18-28-22-17-16-20-19-21(15-6-4-2)29-25(27)23(20)24(22)26/h4,16-17,19H,2-3,5-15,18H2,1H3. The van der Waals surface area contributed by atoms with Gasteiger partial charge in [-0.25, -0.2) is 9.18 Å². The number of rotatable bonds is 15. The molecule has 0 saturated heterocycles. The summed E-state index contributed by atoms with van der Waals surface area (Å²) < 4.78 is 25.6. The molecule has 0 unspecified atom stereocenters. The van der Waals surface area contributed by atoms with E-state index in [4.69, 9.17) is 9.15 Å². The van der Waals surface area contributed by atoms with Crippen molar-refractivity contribution in [2.75, 3.05) is 6.61 Å². The molecular formula is C25H35FO3. The van der Waals surface area contributed by atoms with Crippen molar-refractivity contribution in [3.8, 4) is 5.75 Å². The van der Waals surface area contributed by atoms with E-state index in [0.717, 1.165) is 12.8 Å². The fourth-order valence-corrected chi connectivity index (χ4v) is 3.52. The quantitative estimate of drug-likeness (QED) is 0.231. The number of halogens is 1. The van der Waals surface area contributed by atoms with Crippen molar-refractivity contribution in [2.24, 2.45) is 0 Å². The number of aryl methyl sites for hydroxylation is 1. The lowest BCUT2D eigenvalue weighted by atomic mass is 10.1. The molecule has 0 saturated carbocycles. The zero-order valence-electron chi connectivity index (χ0n) is 17.8. The monoisotopic (exact) mass is 402 g/mol. The number of benzene rings is 1. The lowest BCUT2D eigenvalue weighted by Gasteiger charge is -2.09. The number of hydrogen-bond donors (Lipinski definition) is 0. The molecule has 160 valence electrons. The van der Waals surface area contributed by atoms with Gasteiger partial charge in [-0.3, -0.25) is 0 Å². The third kappa shape index (κ3) is 7.68. The first-order valence-corrected chi connectivity index (χ1v) is 11.2. The van der Waals surface area contributed by atoms with Gasteiger partial charge in [-0.1, -0.05) is 76.9 Å². The summed E-state index contributed by atoms with van der Waals surface area (Å²) in [4.78, 5) is 12.2. The van der Waals surface area contributed by atoms with Crippen molar-refractivity contribution in [3.05, 3.63) is 52.9 Å². The van der Waals surface area contributed by atoms with Gasteiger partial charge in [0.05, 0.1) is 6.61 Å². The van der Waals surface area contributed by atoms with Gasteiger partial charge in [0.2, 0.25) is 0 Å². The third-order valence-electron chi connectivity index (χ3n) is 5.23. The van der Waals surface area contributed by atoms with Crippen LogP contribution in [0.3, 0.4) is 0 Å². The van der Waals surface area contributed by atoms with Gasteiger partial charge in [-0.05, 0) is 30.4 Å². The number of allylic oxidation sites excluding steroid dienone is 1. The molecule has 0 bridgehead atoms. The van der Waals surface area contributed by atoms with Crippen LogP contribution < -0.4 is 10.4 Å². The van der Waals surface area contributed by atoms with E-state index in [2.05, 4.69) is 13.5 Å². The fourth-order valence-electron chi connectivity index (χ4n) is 3.52. The van der Waals surface area contributed by atoms with Crippen LogP contribution in [0.5, 0.6) is 5.75 Å². The summed E-state index contributed by atoms with van der Waals surface area (Å²) >= 11 is 0. The van der Waals surface area contributed by atoms with Gasteiger partial charge in [0.1, 0.15) is 11.1 Å². The van der Waals surface area contributed by atoms with Gasteiger partial charge in [0.15, 0.2) is 11.6 Å². The van der Waals surface area contributed by atoms with E-state index in [1.54, 1.807) is 24.3 Å². The maximum absolute atomic E-state index is 14.7. The zero-order chi connectivity index (χ0) is 20.9. The van der Waals surface area contributed by atoms with E-state index in [1.165, 1.54) is 51.4 Å². The summed E-state index contributed by atoms with van der Waals surface area (Å²) in [5, 5.41) is 0.511. The van der Waals surface area contributed by atoms with Crippen LogP contribution in [-0.2, 0) is 6.42 Å². The second-order valence-electron chi connectivity index (χ2n) is 7.70. The summed E-state index contributed by atoms with van der Waals surface area (Å²) in [7, 11) is 0. The zero-order valence-corrected chi connectivity index (χ0v) is 17.8. The largest absolute Gasteiger partial charge is 0.490 e.